The number of nitrogens with zero attached hydrogens (tertiary/aromatic N) is 1. The molecule has 1 atom stereocenters. The number of aromatic hydroxyl groups is 1. The quantitative estimate of drug-likeness (QED) is 0.381. The molecule has 2 aromatic carbocycles. The van der Waals surface area contributed by atoms with Crippen LogP contribution in [0.25, 0.3) is 6.08 Å². The van der Waals surface area contributed by atoms with Crippen LogP contribution in [0.5, 0.6) is 5.75 Å². The Morgan fingerprint density at radius 1 is 1.21 bits per heavy atom. The van der Waals surface area contributed by atoms with Gasteiger partial charge in [0.05, 0.1) is 4.91 Å². The molecule has 1 aliphatic rings. The maximum atomic E-state index is 12.8. The molecule has 0 spiro atoms. The number of carbonyl (C=O) groups excluding carboxylic acids is 2. The van der Waals surface area contributed by atoms with Gasteiger partial charge in [-0.05, 0) is 36.8 Å². The van der Waals surface area contributed by atoms with E-state index in [1.807, 2.05) is 30.3 Å². The van der Waals surface area contributed by atoms with E-state index in [9.17, 15) is 19.5 Å². The molecule has 2 amide bonds. The predicted octanol–water partition coefficient (Wildman–Crippen LogP) is 3.32. The average molecular weight is 428 g/mol. The molecule has 0 aliphatic carbocycles. The highest BCUT2D eigenvalue weighted by molar-refractivity contribution is 8.26. The highest BCUT2D eigenvalue weighted by Gasteiger charge is 2.38. The van der Waals surface area contributed by atoms with Gasteiger partial charge < -0.3 is 15.5 Å². The van der Waals surface area contributed by atoms with Gasteiger partial charge >= 0.3 is 5.97 Å². The van der Waals surface area contributed by atoms with Crippen LogP contribution in [-0.4, -0.2) is 43.3 Å². The van der Waals surface area contributed by atoms with Crippen LogP contribution in [0.3, 0.4) is 0 Å². The molecule has 1 fully saturated rings. The summed E-state index contributed by atoms with van der Waals surface area (Å²) < 4.78 is 0.261. The number of carbonyl (C=O) groups is 3. The van der Waals surface area contributed by atoms with Crippen molar-refractivity contribution < 1.29 is 24.6 Å². The van der Waals surface area contributed by atoms with Crippen molar-refractivity contribution in [2.45, 2.75) is 13.0 Å². The third-order valence-corrected chi connectivity index (χ3v) is 5.51. The second kappa shape index (κ2) is 8.46. The minimum absolute atomic E-state index is 0.183. The largest absolute Gasteiger partial charge is 0.507 e. The highest BCUT2D eigenvalue weighted by atomic mass is 32.2. The van der Waals surface area contributed by atoms with Gasteiger partial charge in [0, 0.05) is 5.69 Å². The number of anilines is 1. The second-order valence-electron chi connectivity index (χ2n) is 6.16. The number of aromatic carboxylic acids is 1. The van der Waals surface area contributed by atoms with Crippen LogP contribution in [0.1, 0.15) is 22.8 Å². The predicted molar refractivity (Wildman–Crippen MR) is 115 cm³/mol. The zero-order valence-corrected chi connectivity index (χ0v) is 16.8. The van der Waals surface area contributed by atoms with Crippen molar-refractivity contribution in [2.24, 2.45) is 0 Å². The van der Waals surface area contributed by atoms with Crippen LogP contribution < -0.4 is 5.32 Å². The molecule has 1 aliphatic heterocycles. The Kier molecular flexibility index (Phi) is 6.00. The number of amides is 2. The van der Waals surface area contributed by atoms with E-state index in [1.165, 1.54) is 24.0 Å². The van der Waals surface area contributed by atoms with Crippen molar-refractivity contribution in [2.75, 3.05) is 5.32 Å². The number of benzene rings is 2. The molecule has 0 bridgehead atoms. The molecule has 1 heterocycles. The number of nitrogens with one attached hydrogen (secondary N) is 1. The van der Waals surface area contributed by atoms with E-state index >= 15 is 0 Å². The van der Waals surface area contributed by atoms with Crippen LogP contribution in [0.15, 0.2) is 53.4 Å². The van der Waals surface area contributed by atoms with Gasteiger partial charge in [-0.15, -0.1) is 0 Å². The Morgan fingerprint density at radius 3 is 2.55 bits per heavy atom. The minimum Gasteiger partial charge on any atom is -0.507 e. The van der Waals surface area contributed by atoms with Gasteiger partial charge in [0.15, 0.2) is 0 Å². The van der Waals surface area contributed by atoms with Crippen molar-refractivity contribution in [3.8, 4) is 5.75 Å². The third kappa shape index (κ3) is 4.47. The van der Waals surface area contributed by atoms with Crippen molar-refractivity contribution >= 4 is 57.8 Å². The van der Waals surface area contributed by atoms with Crippen LogP contribution in [0.4, 0.5) is 5.69 Å². The molecule has 2 aromatic rings. The summed E-state index contributed by atoms with van der Waals surface area (Å²) in [6.07, 6.45) is 1.71. The van der Waals surface area contributed by atoms with E-state index in [0.29, 0.717) is 4.91 Å². The standard InChI is InChI=1S/C20H16N2O5S2/c1-11(17(24)21-13-7-8-15(23)14(10-13)19(26)27)22-18(25)16(29-20(22)28)9-12-5-3-2-4-6-12/h2-11,23H,1H3,(H,21,24)(H,26,27)/b16-9-/t11-/m0/s1. The minimum atomic E-state index is -1.32. The molecular formula is C20H16N2O5S2. The number of hydrogen-bond donors (Lipinski definition) is 3. The van der Waals surface area contributed by atoms with Gasteiger partial charge in [-0.1, -0.05) is 54.3 Å². The van der Waals surface area contributed by atoms with Gasteiger partial charge in [-0.2, -0.15) is 0 Å². The van der Waals surface area contributed by atoms with Gasteiger partial charge in [-0.3, -0.25) is 14.5 Å². The van der Waals surface area contributed by atoms with E-state index in [4.69, 9.17) is 17.3 Å². The summed E-state index contributed by atoms with van der Waals surface area (Å²) in [5.74, 6) is -2.64. The Hall–Kier alpha value is -3.17. The first-order valence-corrected chi connectivity index (χ1v) is 9.69. The fourth-order valence-electron chi connectivity index (χ4n) is 2.66. The second-order valence-corrected chi connectivity index (χ2v) is 7.84. The number of carboxylic acid groups (broad SMARTS) is 1. The summed E-state index contributed by atoms with van der Waals surface area (Å²) >= 11 is 6.39. The summed E-state index contributed by atoms with van der Waals surface area (Å²) in [5.41, 5.74) is 0.685. The summed E-state index contributed by atoms with van der Waals surface area (Å²) in [6, 6.07) is 12.1. The van der Waals surface area contributed by atoms with Crippen molar-refractivity contribution in [1.82, 2.24) is 4.90 Å². The fourth-order valence-corrected chi connectivity index (χ4v) is 4.08. The average Bonchev–Trinajstić information content (AvgIpc) is 2.96. The Bertz CT molecular complexity index is 1040. The molecule has 148 valence electrons. The summed E-state index contributed by atoms with van der Waals surface area (Å²) in [7, 11) is 0. The number of thiocarbonyl (C=S) groups is 1. The lowest BCUT2D eigenvalue weighted by Gasteiger charge is -2.22. The molecule has 7 nitrogen and oxygen atoms in total. The van der Waals surface area contributed by atoms with Crippen LogP contribution in [0.2, 0.25) is 0 Å². The van der Waals surface area contributed by atoms with E-state index < -0.39 is 23.7 Å². The summed E-state index contributed by atoms with van der Waals surface area (Å²) in [4.78, 5) is 38.1. The van der Waals surface area contributed by atoms with Gasteiger partial charge in [0.25, 0.3) is 5.91 Å². The Morgan fingerprint density at radius 2 is 1.90 bits per heavy atom. The zero-order chi connectivity index (χ0) is 21.1. The maximum absolute atomic E-state index is 12.8. The molecule has 1 saturated heterocycles. The maximum Gasteiger partial charge on any atom is 0.339 e. The smallest absolute Gasteiger partial charge is 0.339 e. The molecule has 0 aromatic heterocycles. The molecule has 29 heavy (non-hydrogen) atoms. The first-order valence-electron chi connectivity index (χ1n) is 8.47. The molecule has 3 rings (SSSR count). The highest BCUT2D eigenvalue weighted by Crippen LogP contribution is 2.34. The Labute approximate surface area is 176 Å². The molecule has 3 N–H and O–H groups in total. The summed E-state index contributed by atoms with van der Waals surface area (Å²) in [5, 5.41) is 21.2. The number of thioether (sulfide) groups is 1. The van der Waals surface area contributed by atoms with E-state index in [-0.39, 0.29) is 21.5 Å². The first kappa shape index (κ1) is 20.6. The molecule has 0 saturated carbocycles. The van der Waals surface area contributed by atoms with E-state index in [2.05, 4.69) is 5.32 Å². The number of rotatable bonds is 5. The summed E-state index contributed by atoms with van der Waals surface area (Å²) in [6.45, 7) is 1.53. The normalized spacial score (nSPS) is 16.2. The van der Waals surface area contributed by atoms with Crippen molar-refractivity contribution in [3.05, 3.63) is 64.6 Å². The van der Waals surface area contributed by atoms with Gasteiger partial charge in [0.2, 0.25) is 5.91 Å². The van der Waals surface area contributed by atoms with E-state index in [1.54, 1.807) is 6.08 Å². The number of carboxylic acids is 1. The number of phenols is 1. The first-order chi connectivity index (χ1) is 13.8. The fraction of sp³-hybridized carbons (Fsp3) is 0.100. The van der Waals surface area contributed by atoms with Crippen molar-refractivity contribution in [1.29, 1.82) is 0 Å². The monoisotopic (exact) mass is 428 g/mol. The van der Waals surface area contributed by atoms with Gasteiger partial charge in [-0.25, -0.2) is 4.79 Å². The molecule has 9 heteroatoms. The Balaban J connectivity index is 1.77. The van der Waals surface area contributed by atoms with Gasteiger partial charge in [0.1, 0.15) is 21.7 Å². The topological polar surface area (TPSA) is 107 Å². The van der Waals surface area contributed by atoms with Crippen LogP contribution in [-0.2, 0) is 9.59 Å². The molecule has 0 radical (unpaired) electrons. The van der Waals surface area contributed by atoms with Crippen LogP contribution in [0, 0.1) is 0 Å². The SMILES string of the molecule is C[C@@H](C(=O)Nc1ccc(O)c(C(=O)O)c1)N1C(=O)/C(=C/c2ccccc2)SC1=S. The molecule has 0 unspecified atom stereocenters. The van der Waals surface area contributed by atoms with Crippen molar-refractivity contribution in [3.63, 3.8) is 0 Å². The lowest BCUT2D eigenvalue weighted by Crippen LogP contribution is -2.44. The third-order valence-electron chi connectivity index (χ3n) is 4.18. The number of hydrogen-bond acceptors (Lipinski definition) is 6. The lowest BCUT2D eigenvalue weighted by molar-refractivity contribution is -0.129. The van der Waals surface area contributed by atoms with E-state index in [0.717, 1.165) is 23.4 Å². The molecular weight excluding hydrogens is 412 g/mol. The zero-order valence-electron chi connectivity index (χ0n) is 15.2. The van der Waals surface area contributed by atoms with Crippen LogP contribution >= 0.6 is 24.0 Å². The lowest BCUT2D eigenvalue weighted by atomic mass is 10.1.